The minimum atomic E-state index is -0.527. The van der Waals surface area contributed by atoms with Gasteiger partial charge >= 0.3 is 0 Å². The van der Waals surface area contributed by atoms with Gasteiger partial charge in [-0.25, -0.2) is 4.39 Å². The van der Waals surface area contributed by atoms with E-state index in [0.717, 1.165) is 60.2 Å². The molecule has 5 aromatic rings. The average Bonchev–Trinajstić information content (AvgIpc) is 3.59. The summed E-state index contributed by atoms with van der Waals surface area (Å²) in [5, 5.41) is 22.5. The summed E-state index contributed by atoms with van der Waals surface area (Å²) in [7, 11) is 0. The van der Waals surface area contributed by atoms with Crippen molar-refractivity contribution in [3.05, 3.63) is 118 Å². The van der Waals surface area contributed by atoms with E-state index in [-0.39, 0.29) is 24.6 Å². The van der Waals surface area contributed by atoms with E-state index >= 15 is 0 Å². The monoisotopic (exact) mass is 700 g/mol. The Morgan fingerprint density at radius 2 is 1.77 bits per heavy atom. The number of pyridine rings is 1. The van der Waals surface area contributed by atoms with Gasteiger partial charge in [-0.1, -0.05) is 66.5 Å². The summed E-state index contributed by atoms with van der Waals surface area (Å²) in [6, 6.07) is 25.2. The van der Waals surface area contributed by atoms with Gasteiger partial charge in [-0.15, -0.1) is 5.53 Å². The van der Waals surface area contributed by atoms with Gasteiger partial charge in [0.15, 0.2) is 0 Å². The third-order valence-electron chi connectivity index (χ3n) is 8.97. The minimum Gasteiger partial charge on any atom is -0.373 e. The van der Waals surface area contributed by atoms with Crippen LogP contribution in [-0.2, 0) is 0 Å². The number of hydrogen-bond donors (Lipinski definition) is 4. The summed E-state index contributed by atoms with van der Waals surface area (Å²) in [4.78, 5) is 6.98. The Bertz CT molecular complexity index is 2040. The molecule has 0 radical (unpaired) electrons. The van der Waals surface area contributed by atoms with Crippen molar-refractivity contribution >= 4 is 75.4 Å². The highest BCUT2D eigenvalue weighted by Gasteiger charge is 2.29. The number of aromatic nitrogens is 1. The van der Waals surface area contributed by atoms with Crippen LogP contribution in [0.25, 0.3) is 21.7 Å². The number of rotatable bonds is 8. The summed E-state index contributed by atoms with van der Waals surface area (Å²) in [5.74, 6) is -0.527. The number of halogens is 3. The van der Waals surface area contributed by atoms with E-state index in [9.17, 15) is 9.65 Å². The third-order valence-corrected chi connectivity index (χ3v) is 9.55. The van der Waals surface area contributed by atoms with Gasteiger partial charge in [0, 0.05) is 48.3 Å². The number of nitriles is 1. The van der Waals surface area contributed by atoms with Crippen LogP contribution in [-0.4, -0.2) is 40.6 Å². The molecule has 0 spiro atoms. The highest BCUT2D eigenvalue weighted by atomic mass is 35.5. The molecular weight excluding hydrogens is 666 g/mol. The van der Waals surface area contributed by atoms with E-state index in [1.807, 2.05) is 24.3 Å². The van der Waals surface area contributed by atoms with Gasteiger partial charge in [-0.05, 0) is 72.1 Å². The zero-order valence-corrected chi connectivity index (χ0v) is 28.7. The van der Waals surface area contributed by atoms with Crippen molar-refractivity contribution in [1.29, 1.82) is 5.26 Å². The molecular formula is C36H35Cl2FN8S. The molecule has 4 N–H and O–H groups in total. The van der Waals surface area contributed by atoms with Gasteiger partial charge in [0.1, 0.15) is 11.9 Å². The summed E-state index contributed by atoms with van der Waals surface area (Å²) in [6.07, 6.45) is 5.78. The topological polar surface area (TPSA) is 91.3 Å². The number of likely N-dealkylation sites (tertiary alicyclic amines) is 1. The second kappa shape index (κ2) is 14.5. The third kappa shape index (κ3) is 6.83. The number of nitrogens with one attached hydrogen (secondary N) is 4. The molecule has 0 aliphatic carbocycles. The lowest BCUT2D eigenvalue weighted by Gasteiger charge is -2.35. The molecule has 0 bridgehead atoms. The molecule has 0 amide bonds. The second-order valence-electron chi connectivity index (χ2n) is 11.8. The van der Waals surface area contributed by atoms with Crippen LogP contribution in [0.4, 0.5) is 21.5 Å². The number of nitrogens with zero attached hydrogens (tertiary/aromatic N) is 4. The summed E-state index contributed by atoms with van der Waals surface area (Å²) in [5.41, 5.74) is 11.4. The Morgan fingerprint density at radius 3 is 2.52 bits per heavy atom. The zero-order valence-electron chi connectivity index (χ0n) is 26.2. The predicted octanol–water partition coefficient (Wildman–Crippen LogP) is 8.37. The van der Waals surface area contributed by atoms with Gasteiger partial charge in [-0.2, -0.15) is 18.8 Å². The first-order valence-corrected chi connectivity index (χ1v) is 16.4. The standard InChI is InChI=1S/C36H33Cl2FN8.H2S/c1-2-46-13-11-28(12-14-46)47-21-33(44-45-47)35(24-8-7-22-5-3-4-6-23(22)15-24)43-27-16-29-34(42-26-9-10-32(39)30(37)17-26)25(19-40)20-41-36(29)31(38)18-27;/h3-10,15-18,20-21,28,35,43-45H,2,11-14H2,1H3,(H,41,42);1H2/t35-;/m0./s1. The molecule has 0 unspecified atom stereocenters. The van der Waals surface area contributed by atoms with Crippen LogP contribution in [0.2, 0.25) is 10.0 Å². The van der Waals surface area contributed by atoms with Crippen LogP contribution in [0.5, 0.6) is 0 Å². The second-order valence-corrected chi connectivity index (χ2v) is 12.7. The Kier molecular flexibility index (Phi) is 10.2. The van der Waals surface area contributed by atoms with Crippen LogP contribution >= 0.6 is 36.7 Å². The van der Waals surface area contributed by atoms with E-state index in [0.29, 0.717) is 38.9 Å². The molecule has 0 saturated carbocycles. The quantitative estimate of drug-likeness (QED) is 0.128. The fourth-order valence-electron chi connectivity index (χ4n) is 6.38. The number of benzene rings is 4. The first-order chi connectivity index (χ1) is 22.9. The molecule has 246 valence electrons. The molecule has 7 rings (SSSR count). The van der Waals surface area contributed by atoms with Gasteiger partial charge in [0.25, 0.3) is 0 Å². The molecule has 2 aliphatic heterocycles. The zero-order chi connectivity index (χ0) is 32.5. The van der Waals surface area contributed by atoms with Crippen LogP contribution in [0, 0.1) is 17.1 Å². The van der Waals surface area contributed by atoms with Crippen LogP contribution < -0.4 is 21.6 Å². The minimum absolute atomic E-state index is 0. The van der Waals surface area contributed by atoms with Gasteiger partial charge in [0.05, 0.1) is 38.6 Å². The molecule has 1 saturated heterocycles. The smallest absolute Gasteiger partial charge is 0.141 e. The number of hydrazine groups is 2. The Morgan fingerprint density at radius 1 is 1.00 bits per heavy atom. The van der Waals surface area contributed by atoms with Crippen LogP contribution in [0.1, 0.15) is 36.9 Å². The Hall–Kier alpha value is -4.24. The lowest BCUT2D eigenvalue weighted by atomic mass is 9.99. The molecule has 1 atom stereocenters. The molecule has 4 aromatic carbocycles. The number of fused-ring (bicyclic) bond motifs is 2. The molecule has 2 aliphatic rings. The van der Waals surface area contributed by atoms with Gasteiger partial charge < -0.3 is 21.0 Å². The number of hydrogen-bond acceptors (Lipinski definition) is 8. The van der Waals surface area contributed by atoms with E-state index < -0.39 is 5.82 Å². The lowest BCUT2D eigenvalue weighted by Crippen LogP contribution is -2.48. The highest BCUT2D eigenvalue weighted by Crippen LogP contribution is 2.38. The molecule has 48 heavy (non-hydrogen) atoms. The van der Waals surface area contributed by atoms with Crippen molar-refractivity contribution in [2.75, 3.05) is 30.3 Å². The number of anilines is 3. The van der Waals surface area contributed by atoms with Crippen molar-refractivity contribution in [2.24, 2.45) is 0 Å². The average molecular weight is 702 g/mol. The summed E-state index contributed by atoms with van der Waals surface area (Å²) < 4.78 is 13.9. The fraction of sp³-hybridized carbons (Fsp3) is 0.222. The Labute approximate surface area is 295 Å². The fourth-order valence-corrected chi connectivity index (χ4v) is 6.82. The lowest BCUT2D eigenvalue weighted by molar-refractivity contribution is 0.112. The first-order valence-electron chi connectivity index (χ1n) is 15.6. The normalized spacial score (nSPS) is 15.8. The maximum atomic E-state index is 13.9. The highest BCUT2D eigenvalue weighted by molar-refractivity contribution is 7.59. The molecule has 1 fully saturated rings. The molecule has 8 nitrogen and oxygen atoms in total. The van der Waals surface area contributed by atoms with Crippen molar-refractivity contribution < 1.29 is 4.39 Å². The SMILES string of the molecule is CCN1CCC(N2C=C([C@@H](Nc3cc(Cl)c4ncc(C#N)c(Nc5ccc(F)c(Cl)c5)c4c3)c3ccc4ccccc4c3)NN2)CC1.S. The van der Waals surface area contributed by atoms with Crippen LogP contribution in [0.3, 0.4) is 0 Å². The molecule has 3 heterocycles. The van der Waals surface area contributed by atoms with Gasteiger partial charge in [0.2, 0.25) is 0 Å². The maximum Gasteiger partial charge on any atom is 0.141 e. The van der Waals surface area contributed by atoms with E-state index in [1.54, 1.807) is 6.07 Å². The van der Waals surface area contributed by atoms with E-state index in [4.69, 9.17) is 23.2 Å². The van der Waals surface area contributed by atoms with Crippen molar-refractivity contribution in [3.8, 4) is 6.07 Å². The van der Waals surface area contributed by atoms with Gasteiger partial charge in [-0.3, -0.25) is 9.99 Å². The molecule has 12 heteroatoms. The first kappa shape index (κ1) is 33.7. The van der Waals surface area contributed by atoms with Crippen molar-refractivity contribution in [3.63, 3.8) is 0 Å². The summed E-state index contributed by atoms with van der Waals surface area (Å²) >= 11 is 12.9. The van der Waals surface area contributed by atoms with E-state index in [2.05, 4.69) is 86.0 Å². The maximum absolute atomic E-state index is 13.9. The van der Waals surface area contributed by atoms with Crippen molar-refractivity contribution in [2.45, 2.75) is 31.8 Å². The van der Waals surface area contributed by atoms with E-state index in [1.165, 1.54) is 18.3 Å². The Balaban J connectivity index is 0.00000401. The molecule has 1 aromatic heterocycles. The van der Waals surface area contributed by atoms with Crippen LogP contribution in [0.15, 0.2) is 90.9 Å². The van der Waals surface area contributed by atoms with Crippen molar-refractivity contribution in [1.82, 2.24) is 25.9 Å². The predicted molar refractivity (Wildman–Crippen MR) is 198 cm³/mol. The largest absolute Gasteiger partial charge is 0.373 e. The summed E-state index contributed by atoms with van der Waals surface area (Å²) in [6.45, 7) is 5.43. The number of piperidine rings is 1.